The molecule has 44 heavy (non-hydrogen) atoms. The average molecular weight is 584 g/mol. The fourth-order valence-electron chi connectivity index (χ4n) is 8.64. The summed E-state index contributed by atoms with van der Waals surface area (Å²) in [6, 6.07) is 40.9. The molecule has 0 N–H and O–H groups in total. The smallest absolute Gasteiger partial charge is 0.321 e. The maximum Gasteiger partial charge on any atom is 0.321 e. The highest BCUT2D eigenvalue weighted by molar-refractivity contribution is 6.05. The Labute approximate surface area is 261 Å². The van der Waals surface area contributed by atoms with Gasteiger partial charge < -0.3 is 4.74 Å². The van der Waals surface area contributed by atoms with E-state index >= 15 is 0 Å². The summed E-state index contributed by atoms with van der Waals surface area (Å²) in [4.78, 5) is 31.0. The van der Waals surface area contributed by atoms with Crippen molar-refractivity contribution >= 4 is 11.8 Å². The molecule has 4 heteroatoms. The molecule has 0 radical (unpaired) electrons. The van der Waals surface area contributed by atoms with Crippen molar-refractivity contribution in [1.82, 2.24) is 4.90 Å². The zero-order valence-electron chi connectivity index (χ0n) is 25.3. The molecule has 1 saturated heterocycles. The minimum absolute atomic E-state index is 0.0481. The highest BCUT2D eigenvalue weighted by atomic mass is 16.5. The molecule has 4 aromatic carbocycles. The van der Waals surface area contributed by atoms with Crippen LogP contribution in [0.3, 0.4) is 0 Å². The first-order valence-electron chi connectivity index (χ1n) is 16.3. The van der Waals surface area contributed by atoms with E-state index in [1.54, 1.807) is 0 Å². The van der Waals surface area contributed by atoms with Gasteiger partial charge in [-0.2, -0.15) is 0 Å². The van der Waals surface area contributed by atoms with E-state index in [9.17, 15) is 9.59 Å². The van der Waals surface area contributed by atoms with Crippen LogP contribution < -0.4 is 0 Å². The predicted octanol–water partition coefficient (Wildman–Crippen LogP) is 7.71. The summed E-state index contributed by atoms with van der Waals surface area (Å²) in [5.74, 6) is -0.833. The molecule has 4 atom stereocenters. The third-order valence-electron chi connectivity index (χ3n) is 10.6. The van der Waals surface area contributed by atoms with Crippen LogP contribution in [0.2, 0.25) is 0 Å². The summed E-state index contributed by atoms with van der Waals surface area (Å²) >= 11 is 0. The Morgan fingerprint density at radius 2 is 1.18 bits per heavy atom. The lowest BCUT2D eigenvalue weighted by Crippen LogP contribution is -2.62. The van der Waals surface area contributed by atoms with Crippen LogP contribution in [-0.2, 0) is 20.7 Å². The molecule has 1 unspecified atom stereocenters. The molecule has 4 aliphatic rings. The molecule has 4 aromatic rings. The summed E-state index contributed by atoms with van der Waals surface area (Å²) in [7, 11) is 0. The van der Waals surface area contributed by atoms with Gasteiger partial charge in [-0.05, 0) is 72.9 Å². The summed E-state index contributed by atoms with van der Waals surface area (Å²) in [6.07, 6.45) is 5.32. The number of fused-ring (bicyclic) bond motifs is 3. The molecule has 2 bridgehead atoms. The molecular formula is C40H41NO3. The molecule has 3 saturated carbocycles. The number of carbonyl (C=O) groups excluding carboxylic acids is 2. The van der Waals surface area contributed by atoms with Crippen LogP contribution in [-0.4, -0.2) is 41.4 Å². The zero-order chi connectivity index (χ0) is 29.9. The quantitative estimate of drug-likeness (QED) is 0.150. The van der Waals surface area contributed by atoms with E-state index in [1.807, 2.05) is 60.7 Å². The first-order valence-corrected chi connectivity index (χ1v) is 16.3. The standard InChI is InChI=1S/C40H41NO3/c42-35(25-29-15-5-1-6-16-29)37(32-21-11-4-12-22-32)39(43)44-36-28-40(41-23-13-14-24-41)26-33(30-17-7-2-8-18-30)38(36)34(27-40)31-19-9-3-10-20-31/h1-12,15-22,33-34,36-38H,13-14,23-28H2/t33-,34-,36+,37?,38?,40?/m0/s1. The Bertz CT molecular complexity index is 1500. The Morgan fingerprint density at radius 3 is 1.73 bits per heavy atom. The molecular weight excluding hydrogens is 542 g/mol. The summed E-state index contributed by atoms with van der Waals surface area (Å²) in [5.41, 5.74) is 4.20. The van der Waals surface area contributed by atoms with Crippen LogP contribution in [0.25, 0.3) is 0 Å². The highest BCUT2D eigenvalue weighted by Crippen LogP contribution is 2.61. The largest absolute Gasteiger partial charge is 0.461 e. The molecule has 1 heterocycles. The molecule has 224 valence electrons. The monoisotopic (exact) mass is 583 g/mol. The zero-order valence-corrected chi connectivity index (χ0v) is 25.3. The Hall–Kier alpha value is -4.02. The summed E-state index contributed by atoms with van der Waals surface area (Å²) in [5, 5.41) is 0. The molecule has 4 nitrogen and oxygen atoms in total. The van der Waals surface area contributed by atoms with Gasteiger partial charge in [0.05, 0.1) is 0 Å². The van der Waals surface area contributed by atoms with Crippen LogP contribution in [0.4, 0.5) is 0 Å². The maximum absolute atomic E-state index is 14.4. The maximum atomic E-state index is 14.4. The van der Waals surface area contributed by atoms with E-state index in [4.69, 9.17) is 4.74 Å². The molecule has 8 rings (SSSR count). The van der Waals surface area contributed by atoms with Gasteiger partial charge in [0.25, 0.3) is 0 Å². The van der Waals surface area contributed by atoms with E-state index in [0.29, 0.717) is 5.56 Å². The topological polar surface area (TPSA) is 46.6 Å². The molecule has 0 amide bonds. The van der Waals surface area contributed by atoms with Gasteiger partial charge in [0.15, 0.2) is 5.78 Å². The average Bonchev–Trinajstić information content (AvgIpc) is 3.63. The summed E-state index contributed by atoms with van der Waals surface area (Å²) in [6.45, 7) is 2.19. The van der Waals surface area contributed by atoms with Crippen molar-refractivity contribution in [2.75, 3.05) is 13.1 Å². The van der Waals surface area contributed by atoms with Gasteiger partial charge in [0.2, 0.25) is 0 Å². The number of hydrogen-bond donors (Lipinski definition) is 0. The van der Waals surface area contributed by atoms with Crippen LogP contribution in [0.1, 0.15) is 72.1 Å². The molecule has 4 fully saturated rings. The van der Waals surface area contributed by atoms with Crippen LogP contribution in [0.15, 0.2) is 121 Å². The predicted molar refractivity (Wildman–Crippen MR) is 173 cm³/mol. The molecule has 1 aliphatic heterocycles. The van der Waals surface area contributed by atoms with Crippen molar-refractivity contribution < 1.29 is 14.3 Å². The number of rotatable bonds is 9. The van der Waals surface area contributed by atoms with Gasteiger partial charge in [-0.15, -0.1) is 0 Å². The van der Waals surface area contributed by atoms with Crippen LogP contribution in [0, 0.1) is 5.92 Å². The number of hydrogen-bond acceptors (Lipinski definition) is 4. The second-order valence-electron chi connectivity index (χ2n) is 13.1. The fraction of sp³-hybridized carbons (Fsp3) is 0.350. The minimum Gasteiger partial charge on any atom is -0.461 e. The number of nitrogens with zero attached hydrogens (tertiary/aromatic N) is 1. The molecule has 3 aliphatic carbocycles. The highest BCUT2D eigenvalue weighted by Gasteiger charge is 2.59. The minimum atomic E-state index is -0.954. The number of likely N-dealkylation sites (tertiary alicyclic amines) is 1. The first kappa shape index (κ1) is 28.7. The third kappa shape index (κ3) is 5.64. The Morgan fingerprint density at radius 1 is 0.682 bits per heavy atom. The van der Waals surface area contributed by atoms with Crippen molar-refractivity contribution in [1.29, 1.82) is 0 Å². The Balaban J connectivity index is 1.27. The van der Waals surface area contributed by atoms with Gasteiger partial charge in [-0.3, -0.25) is 14.5 Å². The van der Waals surface area contributed by atoms with Gasteiger partial charge in [-0.1, -0.05) is 121 Å². The lowest BCUT2D eigenvalue weighted by atomic mass is 9.51. The van der Waals surface area contributed by atoms with Crippen molar-refractivity contribution in [3.8, 4) is 0 Å². The van der Waals surface area contributed by atoms with Crippen molar-refractivity contribution in [3.63, 3.8) is 0 Å². The lowest BCUT2D eigenvalue weighted by Gasteiger charge is -2.61. The SMILES string of the molecule is O=C(Cc1ccccc1)C(C(=O)O[C@@H]1CC2(N3CCCC3)C[C@@H](c3ccccc3)C1[C@H](c1ccccc1)C2)c1ccccc1. The van der Waals surface area contributed by atoms with Crippen molar-refractivity contribution in [2.45, 2.75) is 67.9 Å². The number of ketones is 1. The third-order valence-corrected chi connectivity index (χ3v) is 10.6. The van der Waals surface area contributed by atoms with E-state index < -0.39 is 11.9 Å². The van der Waals surface area contributed by atoms with Gasteiger partial charge in [0.1, 0.15) is 12.0 Å². The van der Waals surface area contributed by atoms with E-state index in [0.717, 1.165) is 37.9 Å². The normalized spacial score (nSPS) is 27.1. The van der Waals surface area contributed by atoms with Gasteiger partial charge >= 0.3 is 5.97 Å². The van der Waals surface area contributed by atoms with E-state index in [2.05, 4.69) is 65.6 Å². The lowest BCUT2D eigenvalue weighted by molar-refractivity contribution is -0.170. The Kier molecular flexibility index (Phi) is 8.18. The molecule has 0 spiro atoms. The second-order valence-corrected chi connectivity index (χ2v) is 13.1. The van der Waals surface area contributed by atoms with Crippen molar-refractivity contribution in [2.24, 2.45) is 5.92 Å². The number of benzene rings is 4. The first-order chi connectivity index (χ1) is 21.6. The van der Waals surface area contributed by atoms with Gasteiger partial charge in [-0.25, -0.2) is 0 Å². The van der Waals surface area contributed by atoms with Gasteiger partial charge in [0, 0.05) is 24.3 Å². The van der Waals surface area contributed by atoms with E-state index in [-0.39, 0.29) is 41.6 Å². The number of Topliss-reactive ketones (excluding diaryl/α,β-unsaturated/α-hetero) is 1. The fourth-order valence-corrected chi connectivity index (χ4v) is 8.64. The van der Waals surface area contributed by atoms with Crippen LogP contribution in [0.5, 0.6) is 0 Å². The molecule has 0 aromatic heterocycles. The second kappa shape index (κ2) is 12.5. The van der Waals surface area contributed by atoms with E-state index in [1.165, 1.54) is 24.0 Å². The van der Waals surface area contributed by atoms with Crippen molar-refractivity contribution in [3.05, 3.63) is 144 Å². The number of carbonyl (C=O) groups is 2. The van der Waals surface area contributed by atoms with Crippen LogP contribution >= 0.6 is 0 Å². The number of ether oxygens (including phenoxy) is 1. The summed E-state index contributed by atoms with van der Waals surface area (Å²) < 4.78 is 6.70. The number of esters is 1.